The number of nitrogens with zero attached hydrogens (tertiary/aromatic N) is 4. The quantitative estimate of drug-likeness (QED) is 0.919. The highest BCUT2D eigenvalue weighted by molar-refractivity contribution is 9.10. The van der Waals surface area contributed by atoms with E-state index < -0.39 is 0 Å². The van der Waals surface area contributed by atoms with Crippen LogP contribution in [-0.4, -0.2) is 26.8 Å². The molecule has 0 aliphatic heterocycles. The van der Waals surface area contributed by atoms with Crippen molar-refractivity contribution in [3.63, 3.8) is 0 Å². The van der Waals surface area contributed by atoms with Crippen molar-refractivity contribution in [1.82, 2.24) is 19.7 Å². The van der Waals surface area contributed by atoms with E-state index in [-0.39, 0.29) is 0 Å². The number of hydrogen-bond acceptors (Lipinski definition) is 5. The third-order valence-corrected chi connectivity index (χ3v) is 2.99. The highest BCUT2D eigenvalue weighted by Gasteiger charge is 2.10. The average Bonchev–Trinajstić information content (AvgIpc) is 2.80. The van der Waals surface area contributed by atoms with Gasteiger partial charge in [0.15, 0.2) is 5.75 Å². The Morgan fingerprint density at radius 3 is 3.00 bits per heavy atom. The fraction of sp³-hybridized carbons (Fsp3) is 0.364. The Balaban J connectivity index is 2.17. The lowest BCUT2D eigenvalue weighted by molar-refractivity contribution is 0.457. The van der Waals surface area contributed by atoms with Crippen molar-refractivity contribution in [2.45, 2.75) is 19.9 Å². The van der Waals surface area contributed by atoms with Crippen molar-refractivity contribution in [2.24, 2.45) is 0 Å². The molecule has 1 N–H and O–H groups in total. The zero-order valence-corrected chi connectivity index (χ0v) is 11.8. The Morgan fingerprint density at radius 1 is 1.44 bits per heavy atom. The van der Waals surface area contributed by atoms with Crippen molar-refractivity contribution in [2.75, 3.05) is 12.4 Å². The third-order valence-electron chi connectivity index (χ3n) is 2.27. The average molecular weight is 312 g/mol. The maximum Gasteiger partial charge on any atom is 0.239 e. The SMILES string of the molecule is CCCn1cc(Oc2ncnc(NC)c2Br)cn1. The van der Waals surface area contributed by atoms with Crippen LogP contribution in [0.15, 0.2) is 23.2 Å². The van der Waals surface area contributed by atoms with Gasteiger partial charge in [0, 0.05) is 13.6 Å². The summed E-state index contributed by atoms with van der Waals surface area (Å²) in [7, 11) is 1.79. The van der Waals surface area contributed by atoms with Crippen LogP contribution in [0.3, 0.4) is 0 Å². The molecular formula is C11H14BrN5O. The van der Waals surface area contributed by atoms with Gasteiger partial charge in [-0.25, -0.2) is 9.97 Å². The predicted octanol–water partition coefficient (Wildman–Crippen LogP) is 2.68. The van der Waals surface area contributed by atoms with Gasteiger partial charge in [-0.3, -0.25) is 4.68 Å². The number of hydrogen-bond donors (Lipinski definition) is 1. The Hall–Kier alpha value is -1.63. The van der Waals surface area contributed by atoms with Gasteiger partial charge < -0.3 is 10.1 Å². The molecule has 0 atom stereocenters. The van der Waals surface area contributed by atoms with E-state index in [0.717, 1.165) is 13.0 Å². The summed E-state index contributed by atoms with van der Waals surface area (Å²) in [6, 6.07) is 0. The molecular weight excluding hydrogens is 298 g/mol. The number of anilines is 1. The first kappa shape index (κ1) is 12.8. The van der Waals surface area contributed by atoms with Gasteiger partial charge in [0.05, 0.1) is 12.4 Å². The molecule has 7 heteroatoms. The molecule has 0 spiro atoms. The van der Waals surface area contributed by atoms with Crippen molar-refractivity contribution in [1.29, 1.82) is 0 Å². The molecule has 2 heterocycles. The zero-order chi connectivity index (χ0) is 13.0. The summed E-state index contributed by atoms with van der Waals surface area (Å²) in [4.78, 5) is 8.14. The summed E-state index contributed by atoms with van der Waals surface area (Å²) in [6.07, 6.45) is 5.99. The van der Waals surface area contributed by atoms with Gasteiger partial charge in [0.2, 0.25) is 5.88 Å². The molecule has 0 bridgehead atoms. The van der Waals surface area contributed by atoms with Gasteiger partial charge in [-0.05, 0) is 22.4 Å². The Labute approximate surface area is 114 Å². The van der Waals surface area contributed by atoms with E-state index in [4.69, 9.17) is 4.74 Å². The normalized spacial score (nSPS) is 10.4. The molecule has 2 aromatic rings. The lowest BCUT2D eigenvalue weighted by Crippen LogP contribution is -1.97. The second-order valence-corrected chi connectivity index (χ2v) is 4.43. The fourth-order valence-corrected chi connectivity index (χ4v) is 1.94. The fourth-order valence-electron chi connectivity index (χ4n) is 1.46. The molecule has 2 aromatic heterocycles. The number of halogens is 1. The van der Waals surface area contributed by atoms with Crippen molar-refractivity contribution < 1.29 is 4.74 Å². The number of rotatable bonds is 5. The molecule has 0 amide bonds. The molecule has 18 heavy (non-hydrogen) atoms. The van der Waals surface area contributed by atoms with Gasteiger partial charge in [0.1, 0.15) is 16.6 Å². The van der Waals surface area contributed by atoms with Crippen LogP contribution in [0.1, 0.15) is 13.3 Å². The van der Waals surface area contributed by atoms with Gasteiger partial charge in [0.25, 0.3) is 0 Å². The minimum atomic E-state index is 0.463. The molecule has 0 aliphatic rings. The van der Waals surface area contributed by atoms with E-state index in [1.807, 2.05) is 10.9 Å². The van der Waals surface area contributed by atoms with E-state index in [9.17, 15) is 0 Å². The Kier molecular flexibility index (Phi) is 4.14. The summed E-state index contributed by atoms with van der Waals surface area (Å²) in [5.74, 6) is 1.80. The van der Waals surface area contributed by atoms with Crippen LogP contribution >= 0.6 is 15.9 Å². The molecule has 0 aliphatic carbocycles. The topological polar surface area (TPSA) is 64.9 Å². The molecule has 0 saturated heterocycles. The first-order valence-corrected chi connectivity index (χ1v) is 6.42. The molecule has 96 valence electrons. The van der Waals surface area contributed by atoms with Gasteiger partial charge in [-0.1, -0.05) is 6.92 Å². The number of ether oxygens (including phenoxy) is 1. The number of nitrogens with one attached hydrogen (secondary N) is 1. The summed E-state index contributed by atoms with van der Waals surface area (Å²) in [5, 5.41) is 7.14. The number of aryl methyl sites for hydroxylation is 1. The first-order chi connectivity index (χ1) is 8.74. The van der Waals surface area contributed by atoms with Crippen LogP contribution in [-0.2, 0) is 6.54 Å². The zero-order valence-electron chi connectivity index (χ0n) is 10.2. The van der Waals surface area contributed by atoms with Gasteiger partial charge in [-0.2, -0.15) is 5.10 Å². The van der Waals surface area contributed by atoms with Crippen molar-refractivity contribution in [3.8, 4) is 11.6 Å². The molecule has 0 aromatic carbocycles. The second kappa shape index (κ2) is 5.81. The van der Waals surface area contributed by atoms with Gasteiger partial charge >= 0.3 is 0 Å². The van der Waals surface area contributed by atoms with E-state index in [1.165, 1.54) is 6.33 Å². The summed E-state index contributed by atoms with van der Waals surface area (Å²) < 4.78 is 8.18. The molecule has 0 radical (unpaired) electrons. The molecule has 0 saturated carbocycles. The first-order valence-electron chi connectivity index (χ1n) is 5.63. The van der Waals surface area contributed by atoms with Gasteiger partial charge in [-0.15, -0.1) is 0 Å². The number of aromatic nitrogens is 4. The van der Waals surface area contributed by atoms with Crippen LogP contribution in [0.2, 0.25) is 0 Å². The minimum absolute atomic E-state index is 0.463. The van der Waals surface area contributed by atoms with E-state index in [2.05, 4.69) is 43.2 Å². The largest absolute Gasteiger partial charge is 0.434 e. The van der Waals surface area contributed by atoms with Crippen LogP contribution < -0.4 is 10.1 Å². The van der Waals surface area contributed by atoms with E-state index >= 15 is 0 Å². The predicted molar refractivity (Wildman–Crippen MR) is 71.9 cm³/mol. The summed E-state index contributed by atoms with van der Waals surface area (Å²) in [6.45, 7) is 2.97. The Bertz CT molecular complexity index is 528. The van der Waals surface area contributed by atoms with Crippen LogP contribution in [0, 0.1) is 0 Å². The molecule has 6 nitrogen and oxygen atoms in total. The van der Waals surface area contributed by atoms with Crippen LogP contribution in [0.5, 0.6) is 11.6 Å². The monoisotopic (exact) mass is 311 g/mol. The second-order valence-electron chi connectivity index (χ2n) is 3.63. The van der Waals surface area contributed by atoms with Crippen molar-refractivity contribution >= 4 is 21.7 Å². The standard InChI is InChI=1S/C11H14BrN5O/c1-3-4-17-6-8(5-16-17)18-11-9(12)10(13-2)14-7-15-11/h5-7H,3-4H2,1-2H3,(H,13,14,15). The molecule has 0 fully saturated rings. The maximum atomic E-state index is 5.66. The highest BCUT2D eigenvalue weighted by atomic mass is 79.9. The third kappa shape index (κ3) is 2.79. The maximum absolute atomic E-state index is 5.66. The van der Waals surface area contributed by atoms with Crippen molar-refractivity contribution in [3.05, 3.63) is 23.2 Å². The van der Waals surface area contributed by atoms with E-state index in [1.54, 1.807) is 13.2 Å². The Morgan fingerprint density at radius 2 is 2.28 bits per heavy atom. The summed E-state index contributed by atoms with van der Waals surface area (Å²) >= 11 is 3.40. The lowest BCUT2D eigenvalue weighted by Gasteiger charge is -2.06. The van der Waals surface area contributed by atoms with Crippen LogP contribution in [0.25, 0.3) is 0 Å². The molecule has 2 rings (SSSR count). The smallest absolute Gasteiger partial charge is 0.239 e. The van der Waals surface area contributed by atoms with Crippen LogP contribution in [0.4, 0.5) is 5.82 Å². The highest BCUT2D eigenvalue weighted by Crippen LogP contribution is 2.31. The minimum Gasteiger partial charge on any atom is -0.434 e. The molecule has 0 unspecified atom stereocenters. The lowest BCUT2D eigenvalue weighted by atomic mass is 10.5. The summed E-state index contributed by atoms with van der Waals surface area (Å²) in [5.41, 5.74) is 0. The van der Waals surface area contributed by atoms with E-state index in [0.29, 0.717) is 21.9 Å².